The van der Waals surface area contributed by atoms with Crippen LogP contribution in [-0.2, 0) is 9.53 Å². The zero-order valence-corrected chi connectivity index (χ0v) is 14.6. The van der Waals surface area contributed by atoms with E-state index in [1.165, 1.54) is 11.3 Å². The van der Waals surface area contributed by atoms with Crippen LogP contribution in [0.15, 0.2) is 42.0 Å². The number of hydrogen-bond donors (Lipinski definition) is 0. The Hall–Kier alpha value is -2.25. The number of ether oxygens (including phenoxy) is 1. The number of likely N-dealkylation sites (tertiary alicyclic amines) is 1. The molecule has 0 aliphatic carbocycles. The molecule has 25 heavy (non-hydrogen) atoms. The van der Waals surface area contributed by atoms with Gasteiger partial charge in [0, 0.05) is 30.7 Å². The quantitative estimate of drug-likeness (QED) is 0.825. The van der Waals surface area contributed by atoms with Crippen LogP contribution in [-0.4, -0.2) is 54.5 Å². The second-order valence-electron chi connectivity index (χ2n) is 6.65. The Labute approximate surface area is 150 Å². The van der Waals surface area contributed by atoms with Gasteiger partial charge in [-0.3, -0.25) is 14.6 Å². The van der Waals surface area contributed by atoms with Crippen molar-refractivity contribution in [3.63, 3.8) is 0 Å². The Balaban J connectivity index is 1.55. The minimum absolute atomic E-state index is 0.0150. The summed E-state index contributed by atoms with van der Waals surface area (Å²) in [5.74, 6) is -0.0171. The fourth-order valence-electron chi connectivity index (χ4n) is 3.58. The third kappa shape index (κ3) is 3.17. The molecule has 2 aliphatic rings. The van der Waals surface area contributed by atoms with E-state index in [0.717, 1.165) is 12.1 Å². The van der Waals surface area contributed by atoms with Crippen LogP contribution in [0, 0.1) is 5.41 Å². The molecule has 0 bridgehead atoms. The van der Waals surface area contributed by atoms with Crippen LogP contribution in [0.5, 0.6) is 0 Å². The number of para-hydroxylation sites is 1. The number of rotatable bonds is 2. The number of amides is 2. The van der Waals surface area contributed by atoms with Crippen molar-refractivity contribution in [2.45, 2.75) is 6.42 Å². The Morgan fingerprint density at radius 2 is 2.08 bits per heavy atom. The van der Waals surface area contributed by atoms with Crippen molar-refractivity contribution < 1.29 is 14.3 Å². The van der Waals surface area contributed by atoms with Crippen LogP contribution in [0.4, 0.5) is 5.69 Å². The fourth-order valence-corrected chi connectivity index (χ4v) is 4.16. The normalized spacial score (nSPS) is 23.9. The highest BCUT2D eigenvalue weighted by molar-refractivity contribution is 7.11. The third-order valence-corrected chi connectivity index (χ3v) is 5.63. The summed E-state index contributed by atoms with van der Waals surface area (Å²) in [6, 6.07) is 9.66. The second-order valence-corrected chi connectivity index (χ2v) is 7.54. The average molecular weight is 357 g/mol. The predicted molar refractivity (Wildman–Crippen MR) is 94.7 cm³/mol. The van der Waals surface area contributed by atoms with Crippen LogP contribution in [0.25, 0.3) is 0 Å². The number of benzene rings is 1. The van der Waals surface area contributed by atoms with Crippen molar-refractivity contribution in [2.24, 2.45) is 5.41 Å². The molecule has 3 heterocycles. The van der Waals surface area contributed by atoms with Crippen molar-refractivity contribution in [1.29, 1.82) is 0 Å². The number of carbonyl (C=O) groups is 2. The van der Waals surface area contributed by atoms with E-state index in [1.54, 1.807) is 16.6 Å². The van der Waals surface area contributed by atoms with Gasteiger partial charge < -0.3 is 14.5 Å². The Morgan fingerprint density at radius 3 is 2.84 bits per heavy atom. The van der Waals surface area contributed by atoms with Gasteiger partial charge in [0.25, 0.3) is 11.8 Å². The van der Waals surface area contributed by atoms with Gasteiger partial charge in [-0.05, 0) is 18.6 Å². The Bertz CT molecular complexity index is 765. The van der Waals surface area contributed by atoms with Gasteiger partial charge in [-0.15, -0.1) is 11.3 Å². The molecule has 4 rings (SSSR count). The lowest BCUT2D eigenvalue weighted by Crippen LogP contribution is -2.43. The molecule has 2 fully saturated rings. The van der Waals surface area contributed by atoms with Gasteiger partial charge in [-0.25, -0.2) is 0 Å². The van der Waals surface area contributed by atoms with Crippen LogP contribution >= 0.6 is 11.3 Å². The monoisotopic (exact) mass is 357 g/mol. The molecule has 0 radical (unpaired) electrons. The maximum absolute atomic E-state index is 12.6. The zero-order valence-electron chi connectivity index (χ0n) is 13.8. The summed E-state index contributed by atoms with van der Waals surface area (Å²) in [5.41, 5.74) is 2.33. The van der Waals surface area contributed by atoms with E-state index in [1.807, 2.05) is 35.2 Å². The van der Waals surface area contributed by atoms with E-state index in [2.05, 4.69) is 4.98 Å². The van der Waals surface area contributed by atoms with Crippen molar-refractivity contribution in [3.05, 3.63) is 46.9 Å². The minimum Gasteiger partial charge on any atom is -0.371 e. The molecule has 1 spiro atoms. The number of aromatic nitrogens is 1. The molecule has 6 nitrogen and oxygen atoms in total. The van der Waals surface area contributed by atoms with Gasteiger partial charge in [-0.2, -0.15) is 0 Å². The Kier molecular flexibility index (Phi) is 4.27. The fraction of sp³-hybridized carbons (Fsp3) is 0.389. The van der Waals surface area contributed by atoms with Crippen molar-refractivity contribution in [3.8, 4) is 0 Å². The van der Waals surface area contributed by atoms with Crippen LogP contribution in [0.2, 0.25) is 0 Å². The highest BCUT2D eigenvalue weighted by Gasteiger charge is 2.44. The van der Waals surface area contributed by atoms with E-state index < -0.39 is 0 Å². The van der Waals surface area contributed by atoms with Crippen molar-refractivity contribution in [2.75, 3.05) is 37.7 Å². The maximum Gasteiger partial charge on any atom is 0.265 e. The van der Waals surface area contributed by atoms with E-state index in [4.69, 9.17) is 4.74 Å². The van der Waals surface area contributed by atoms with Crippen LogP contribution in [0.3, 0.4) is 0 Å². The average Bonchev–Trinajstić information content (AvgIpc) is 3.27. The molecule has 2 aliphatic heterocycles. The lowest BCUT2D eigenvalue weighted by atomic mass is 9.87. The van der Waals surface area contributed by atoms with E-state index >= 15 is 0 Å². The highest BCUT2D eigenvalue weighted by Crippen LogP contribution is 2.36. The van der Waals surface area contributed by atoms with Gasteiger partial charge >= 0.3 is 0 Å². The van der Waals surface area contributed by atoms with E-state index in [9.17, 15) is 9.59 Å². The first kappa shape index (κ1) is 16.2. The number of thiazole rings is 1. The van der Waals surface area contributed by atoms with Gasteiger partial charge in [0.15, 0.2) is 0 Å². The summed E-state index contributed by atoms with van der Waals surface area (Å²) >= 11 is 1.36. The van der Waals surface area contributed by atoms with E-state index in [-0.39, 0.29) is 23.8 Å². The SMILES string of the molecule is O=C(c1cncs1)N1CCC2(COCC(=O)N(c3ccccc3)C2)C1. The van der Waals surface area contributed by atoms with Gasteiger partial charge in [-0.1, -0.05) is 18.2 Å². The maximum atomic E-state index is 12.6. The summed E-state index contributed by atoms with van der Waals surface area (Å²) in [6.45, 7) is 2.42. The summed E-state index contributed by atoms with van der Waals surface area (Å²) in [6.07, 6.45) is 2.44. The van der Waals surface area contributed by atoms with Crippen molar-refractivity contribution in [1.82, 2.24) is 9.88 Å². The smallest absolute Gasteiger partial charge is 0.265 e. The molecule has 1 aromatic carbocycles. The van der Waals surface area contributed by atoms with Gasteiger partial charge in [0.2, 0.25) is 0 Å². The molecule has 0 saturated carbocycles. The number of carbonyl (C=O) groups excluding carboxylic acids is 2. The number of anilines is 1. The topological polar surface area (TPSA) is 62.7 Å². The molecular formula is C18H19N3O3S. The largest absolute Gasteiger partial charge is 0.371 e. The summed E-state index contributed by atoms with van der Waals surface area (Å²) in [5, 5.41) is 0. The first-order chi connectivity index (χ1) is 12.2. The van der Waals surface area contributed by atoms with E-state index in [0.29, 0.717) is 31.1 Å². The summed E-state index contributed by atoms with van der Waals surface area (Å²) in [4.78, 5) is 33.4. The number of hydrogen-bond acceptors (Lipinski definition) is 5. The lowest BCUT2D eigenvalue weighted by Gasteiger charge is -2.31. The third-order valence-electron chi connectivity index (χ3n) is 4.86. The summed E-state index contributed by atoms with van der Waals surface area (Å²) in [7, 11) is 0. The van der Waals surface area contributed by atoms with Crippen LogP contribution in [0.1, 0.15) is 16.1 Å². The van der Waals surface area contributed by atoms with Gasteiger partial charge in [0.05, 0.1) is 18.3 Å². The van der Waals surface area contributed by atoms with Crippen molar-refractivity contribution >= 4 is 28.8 Å². The Morgan fingerprint density at radius 1 is 1.24 bits per heavy atom. The first-order valence-corrected chi connectivity index (χ1v) is 9.16. The molecule has 1 aromatic heterocycles. The second kappa shape index (κ2) is 6.57. The van der Waals surface area contributed by atoms with Crippen LogP contribution < -0.4 is 4.90 Å². The molecule has 2 aromatic rings. The lowest BCUT2D eigenvalue weighted by molar-refractivity contribution is -0.122. The molecule has 2 saturated heterocycles. The number of nitrogens with zero attached hydrogens (tertiary/aromatic N) is 3. The molecule has 1 atom stereocenters. The molecule has 0 N–H and O–H groups in total. The molecule has 7 heteroatoms. The summed E-state index contributed by atoms with van der Waals surface area (Å²) < 4.78 is 5.68. The van der Waals surface area contributed by atoms with Gasteiger partial charge in [0.1, 0.15) is 11.5 Å². The molecular weight excluding hydrogens is 338 g/mol. The molecule has 130 valence electrons. The first-order valence-electron chi connectivity index (χ1n) is 8.28. The molecule has 2 amide bonds. The predicted octanol–water partition coefficient (Wildman–Crippen LogP) is 2.04. The zero-order chi connectivity index (χ0) is 17.3. The highest BCUT2D eigenvalue weighted by atomic mass is 32.1. The molecule has 1 unspecified atom stereocenters. The minimum atomic E-state index is -0.220. The standard InChI is InChI=1S/C18H19N3O3S/c22-16-9-24-12-18(11-21(16)14-4-2-1-3-5-14)6-7-20(10-18)17(23)15-8-19-13-25-15/h1-5,8,13H,6-7,9-12H2.